The predicted octanol–water partition coefficient (Wildman–Crippen LogP) is 3.48. The van der Waals surface area contributed by atoms with E-state index < -0.39 is 0 Å². The van der Waals surface area contributed by atoms with Crippen molar-refractivity contribution < 1.29 is 9.53 Å². The van der Waals surface area contributed by atoms with Gasteiger partial charge in [0.25, 0.3) is 5.91 Å². The van der Waals surface area contributed by atoms with E-state index in [-0.39, 0.29) is 11.0 Å². The molecule has 0 spiro atoms. The number of hydrogen-bond acceptors (Lipinski definition) is 3. The summed E-state index contributed by atoms with van der Waals surface area (Å²) in [6, 6.07) is 13.9. The van der Waals surface area contributed by atoms with Gasteiger partial charge in [-0.3, -0.25) is 10.1 Å². The van der Waals surface area contributed by atoms with Crippen molar-refractivity contribution in [3.05, 3.63) is 59.1 Å². The van der Waals surface area contributed by atoms with Crippen molar-refractivity contribution in [1.29, 1.82) is 0 Å². The van der Waals surface area contributed by atoms with Crippen LogP contribution in [0.25, 0.3) is 0 Å². The summed E-state index contributed by atoms with van der Waals surface area (Å²) < 4.78 is 5.08. The summed E-state index contributed by atoms with van der Waals surface area (Å²) in [7, 11) is 1.54. The molecule has 2 rings (SSSR count). The molecule has 0 unspecified atom stereocenters. The number of anilines is 1. The predicted molar refractivity (Wildman–Crippen MR) is 88.1 cm³/mol. The van der Waals surface area contributed by atoms with Crippen LogP contribution in [0.3, 0.4) is 0 Å². The zero-order chi connectivity index (χ0) is 15.2. The van der Waals surface area contributed by atoms with Crippen LogP contribution in [0.4, 0.5) is 5.69 Å². The Kier molecular flexibility index (Phi) is 5.14. The second-order valence-corrected chi connectivity index (χ2v) is 4.94. The Balaban J connectivity index is 2.02. The van der Waals surface area contributed by atoms with Crippen molar-refractivity contribution in [2.75, 3.05) is 12.4 Å². The van der Waals surface area contributed by atoms with E-state index in [0.29, 0.717) is 22.0 Å². The van der Waals surface area contributed by atoms with Crippen LogP contribution in [0.1, 0.15) is 10.4 Å². The van der Waals surface area contributed by atoms with E-state index >= 15 is 0 Å². The normalized spacial score (nSPS) is 9.81. The lowest BCUT2D eigenvalue weighted by molar-refractivity contribution is 0.0977. The van der Waals surface area contributed by atoms with Gasteiger partial charge in [-0.15, -0.1) is 0 Å². The van der Waals surface area contributed by atoms with Gasteiger partial charge in [0.15, 0.2) is 5.11 Å². The molecule has 0 aliphatic rings. The highest BCUT2D eigenvalue weighted by atomic mass is 35.5. The lowest BCUT2D eigenvalue weighted by Crippen LogP contribution is -2.34. The average molecular weight is 321 g/mol. The van der Waals surface area contributed by atoms with Gasteiger partial charge in [-0.05, 0) is 42.5 Å². The number of carbonyl (C=O) groups is 1. The molecule has 0 aliphatic carbocycles. The maximum Gasteiger partial charge on any atom is 0.257 e. The zero-order valence-electron chi connectivity index (χ0n) is 11.2. The maximum atomic E-state index is 12.1. The molecular weight excluding hydrogens is 308 g/mol. The fraction of sp³-hybridized carbons (Fsp3) is 0.0667. The van der Waals surface area contributed by atoms with E-state index in [0.717, 1.165) is 0 Å². The van der Waals surface area contributed by atoms with Crippen LogP contribution in [0, 0.1) is 0 Å². The Hall–Kier alpha value is -2.11. The fourth-order valence-electron chi connectivity index (χ4n) is 1.66. The average Bonchev–Trinajstić information content (AvgIpc) is 2.49. The quantitative estimate of drug-likeness (QED) is 0.850. The molecule has 2 N–H and O–H groups in total. The maximum absolute atomic E-state index is 12.1. The molecule has 0 fully saturated rings. The zero-order valence-corrected chi connectivity index (χ0v) is 12.8. The summed E-state index contributed by atoms with van der Waals surface area (Å²) >= 11 is 11.1. The van der Waals surface area contributed by atoms with E-state index in [1.807, 2.05) is 12.1 Å². The lowest BCUT2D eigenvalue weighted by atomic mass is 10.2. The molecule has 0 atom stereocenters. The summed E-state index contributed by atoms with van der Waals surface area (Å²) in [5, 5.41) is 6.17. The largest absolute Gasteiger partial charge is 0.497 e. The minimum atomic E-state index is -0.321. The van der Waals surface area contributed by atoms with E-state index in [2.05, 4.69) is 10.6 Å². The number of methoxy groups -OCH3 is 1. The molecule has 2 aromatic rings. The second-order valence-electron chi connectivity index (χ2n) is 4.12. The number of carbonyl (C=O) groups excluding carboxylic acids is 1. The first-order valence-corrected chi connectivity index (χ1v) is 6.89. The smallest absolute Gasteiger partial charge is 0.257 e. The Morgan fingerprint density at radius 2 is 1.95 bits per heavy atom. The third-order valence-electron chi connectivity index (χ3n) is 2.68. The minimum Gasteiger partial charge on any atom is -0.497 e. The van der Waals surface area contributed by atoms with Gasteiger partial charge < -0.3 is 10.1 Å². The van der Waals surface area contributed by atoms with Crippen LogP contribution in [0.5, 0.6) is 5.75 Å². The lowest BCUT2D eigenvalue weighted by Gasteiger charge is -2.11. The number of rotatable bonds is 3. The van der Waals surface area contributed by atoms with Crippen molar-refractivity contribution in [3.63, 3.8) is 0 Å². The molecular formula is C15H13ClN2O2S. The van der Waals surface area contributed by atoms with Crippen LogP contribution in [-0.4, -0.2) is 18.1 Å². The SMILES string of the molecule is COc1cccc(C(=O)NC(=S)Nc2ccccc2Cl)c1. The monoisotopic (exact) mass is 320 g/mol. The number of halogens is 1. The van der Waals surface area contributed by atoms with E-state index in [4.69, 9.17) is 28.6 Å². The summed E-state index contributed by atoms with van der Waals surface area (Å²) in [6.45, 7) is 0. The summed E-state index contributed by atoms with van der Waals surface area (Å²) in [4.78, 5) is 12.1. The molecule has 6 heteroatoms. The van der Waals surface area contributed by atoms with Gasteiger partial charge in [-0.1, -0.05) is 29.8 Å². The first-order valence-electron chi connectivity index (χ1n) is 6.11. The Labute approximate surface area is 133 Å². The first-order chi connectivity index (χ1) is 10.1. The van der Waals surface area contributed by atoms with Crippen molar-refractivity contribution in [2.45, 2.75) is 0 Å². The minimum absolute atomic E-state index is 0.177. The Morgan fingerprint density at radius 1 is 1.19 bits per heavy atom. The molecule has 0 heterocycles. The van der Waals surface area contributed by atoms with Gasteiger partial charge in [0.2, 0.25) is 0 Å². The number of nitrogens with one attached hydrogen (secondary N) is 2. The molecule has 21 heavy (non-hydrogen) atoms. The van der Waals surface area contributed by atoms with Crippen LogP contribution < -0.4 is 15.4 Å². The van der Waals surface area contributed by atoms with E-state index in [1.54, 1.807) is 43.5 Å². The number of thiocarbonyl (C=S) groups is 1. The molecule has 4 nitrogen and oxygen atoms in total. The molecule has 0 saturated heterocycles. The van der Waals surface area contributed by atoms with Gasteiger partial charge in [-0.25, -0.2) is 0 Å². The molecule has 0 saturated carbocycles. The van der Waals surface area contributed by atoms with Crippen molar-refractivity contribution in [2.24, 2.45) is 0 Å². The Bertz CT molecular complexity index is 676. The molecule has 1 amide bonds. The molecule has 108 valence electrons. The number of benzene rings is 2. The molecule has 2 aromatic carbocycles. The molecule has 0 radical (unpaired) electrons. The van der Waals surface area contributed by atoms with Gasteiger partial charge in [0.1, 0.15) is 5.75 Å². The van der Waals surface area contributed by atoms with Gasteiger partial charge in [0.05, 0.1) is 17.8 Å². The second kappa shape index (κ2) is 7.06. The number of ether oxygens (including phenoxy) is 1. The van der Waals surface area contributed by atoms with Crippen LogP contribution >= 0.6 is 23.8 Å². The number of amides is 1. The van der Waals surface area contributed by atoms with Crippen LogP contribution in [0.15, 0.2) is 48.5 Å². The summed E-state index contributed by atoms with van der Waals surface area (Å²) in [5.41, 5.74) is 1.09. The van der Waals surface area contributed by atoms with Gasteiger partial charge in [0, 0.05) is 5.56 Å². The molecule has 0 aromatic heterocycles. The van der Waals surface area contributed by atoms with Crippen LogP contribution in [-0.2, 0) is 0 Å². The van der Waals surface area contributed by atoms with Crippen molar-refractivity contribution in [1.82, 2.24) is 5.32 Å². The van der Waals surface area contributed by atoms with Crippen molar-refractivity contribution in [3.8, 4) is 5.75 Å². The first kappa shape index (κ1) is 15.3. The highest BCUT2D eigenvalue weighted by Gasteiger charge is 2.09. The van der Waals surface area contributed by atoms with Crippen molar-refractivity contribution >= 4 is 40.5 Å². The molecule has 0 bridgehead atoms. The summed E-state index contributed by atoms with van der Waals surface area (Å²) in [5.74, 6) is 0.283. The van der Waals surface area contributed by atoms with Gasteiger partial charge >= 0.3 is 0 Å². The van der Waals surface area contributed by atoms with E-state index in [9.17, 15) is 4.79 Å². The highest BCUT2D eigenvalue weighted by molar-refractivity contribution is 7.80. The Morgan fingerprint density at radius 3 is 2.67 bits per heavy atom. The highest BCUT2D eigenvalue weighted by Crippen LogP contribution is 2.20. The third kappa shape index (κ3) is 4.18. The van der Waals surface area contributed by atoms with Crippen LogP contribution in [0.2, 0.25) is 5.02 Å². The molecule has 0 aliphatic heterocycles. The van der Waals surface area contributed by atoms with E-state index in [1.165, 1.54) is 0 Å². The fourth-order valence-corrected chi connectivity index (χ4v) is 2.04. The topological polar surface area (TPSA) is 50.4 Å². The number of hydrogen-bond donors (Lipinski definition) is 2. The third-order valence-corrected chi connectivity index (χ3v) is 3.21. The standard InChI is InChI=1S/C15H13ClN2O2S/c1-20-11-6-4-5-10(9-11)14(19)18-15(21)17-13-8-3-2-7-12(13)16/h2-9H,1H3,(H2,17,18,19,21). The summed E-state index contributed by atoms with van der Waals surface area (Å²) in [6.07, 6.45) is 0. The van der Waals surface area contributed by atoms with Gasteiger partial charge in [-0.2, -0.15) is 0 Å². The number of para-hydroxylation sites is 1.